The zero-order chi connectivity index (χ0) is 11.7. The van der Waals surface area contributed by atoms with Crippen LogP contribution in [0.2, 0.25) is 0 Å². The highest BCUT2D eigenvalue weighted by molar-refractivity contribution is 5.88. The number of ether oxygens (including phenoxy) is 1. The summed E-state index contributed by atoms with van der Waals surface area (Å²) < 4.78 is 5.50. The maximum atomic E-state index is 10.7. The molecule has 0 saturated carbocycles. The number of hydrogen-bond acceptors (Lipinski definition) is 4. The van der Waals surface area contributed by atoms with Gasteiger partial charge in [-0.05, 0) is 5.92 Å². The molecule has 16 heavy (non-hydrogen) atoms. The number of nitrogens with one attached hydrogen (secondary N) is 1. The van der Waals surface area contributed by atoms with Gasteiger partial charge in [-0.1, -0.05) is 13.8 Å². The van der Waals surface area contributed by atoms with E-state index in [1.807, 2.05) is 0 Å². The lowest BCUT2D eigenvalue weighted by atomic mass is 10.0. The summed E-state index contributed by atoms with van der Waals surface area (Å²) in [5, 5.41) is 12.0. The lowest BCUT2D eigenvalue weighted by molar-refractivity contribution is 0.0695. The largest absolute Gasteiger partial charge is 0.488 e. The van der Waals surface area contributed by atoms with Gasteiger partial charge in [-0.2, -0.15) is 0 Å². The Morgan fingerprint density at radius 3 is 3.06 bits per heavy atom. The van der Waals surface area contributed by atoms with E-state index in [-0.39, 0.29) is 11.6 Å². The minimum Gasteiger partial charge on any atom is -0.488 e. The van der Waals surface area contributed by atoms with E-state index in [9.17, 15) is 4.79 Å². The Morgan fingerprint density at radius 1 is 1.69 bits per heavy atom. The third kappa shape index (κ3) is 1.93. The second-order valence-corrected chi connectivity index (χ2v) is 4.18. The van der Waals surface area contributed by atoms with Crippen molar-refractivity contribution in [2.24, 2.45) is 5.92 Å². The molecule has 2 heterocycles. The molecule has 0 amide bonds. The van der Waals surface area contributed by atoms with Gasteiger partial charge in [-0.3, -0.25) is 0 Å². The third-order valence-electron chi connectivity index (χ3n) is 2.64. The van der Waals surface area contributed by atoms with Gasteiger partial charge in [0, 0.05) is 12.3 Å². The van der Waals surface area contributed by atoms with Crippen LogP contribution < -0.4 is 10.1 Å². The maximum Gasteiger partial charge on any atom is 0.337 e. The van der Waals surface area contributed by atoms with E-state index in [0.29, 0.717) is 24.1 Å². The molecular formula is C11H14N2O3. The summed E-state index contributed by atoms with van der Waals surface area (Å²) in [6.07, 6.45) is 1.33. The average molecular weight is 222 g/mol. The fourth-order valence-electron chi connectivity index (χ4n) is 1.54. The Balaban J connectivity index is 2.25. The summed E-state index contributed by atoms with van der Waals surface area (Å²) in [6.45, 7) is 4.73. The number of carbonyl (C=O) groups is 1. The summed E-state index contributed by atoms with van der Waals surface area (Å²) in [5.41, 5.74) is 0.142. The van der Waals surface area contributed by atoms with Gasteiger partial charge < -0.3 is 15.2 Å². The van der Waals surface area contributed by atoms with Gasteiger partial charge in [-0.15, -0.1) is 0 Å². The first-order chi connectivity index (χ1) is 7.58. The van der Waals surface area contributed by atoms with Crippen LogP contribution in [0.4, 0.5) is 5.82 Å². The molecule has 0 aliphatic carbocycles. The number of hydrogen-bond donors (Lipinski definition) is 2. The SMILES string of the molecule is CC(C)[C@H]1COc2cc(C(=O)O)cnc2N1. The first kappa shape index (κ1) is 10.7. The van der Waals surface area contributed by atoms with Crippen LogP contribution in [-0.4, -0.2) is 28.7 Å². The average Bonchev–Trinajstić information content (AvgIpc) is 2.27. The zero-order valence-electron chi connectivity index (χ0n) is 9.23. The Kier molecular flexibility index (Phi) is 2.68. The van der Waals surface area contributed by atoms with Gasteiger partial charge in [0.05, 0.1) is 11.6 Å². The van der Waals surface area contributed by atoms with Crippen molar-refractivity contribution in [3.8, 4) is 5.75 Å². The maximum absolute atomic E-state index is 10.7. The molecule has 2 N–H and O–H groups in total. The molecule has 86 valence electrons. The summed E-state index contributed by atoms with van der Waals surface area (Å²) in [6, 6.07) is 1.71. The Bertz CT molecular complexity index is 418. The van der Waals surface area contributed by atoms with E-state index in [1.54, 1.807) is 0 Å². The molecule has 1 aliphatic heterocycles. The van der Waals surface area contributed by atoms with Gasteiger partial charge in [0.2, 0.25) is 0 Å². The zero-order valence-corrected chi connectivity index (χ0v) is 9.23. The lowest BCUT2D eigenvalue weighted by Gasteiger charge is -2.29. The monoisotopic (exact) mass is 222 g/mol. The van der Waals surface area contributed by atoms with Crippen molar-refractivity contribution < 1.29 is 14.6 Å². The summed E-state index contributed by atoms with van der Waals surface area (Å²) in [5.74, 6) is 0.575. The molecule has 5 heteroatoms. The standard InChI is InChI=1S/C11H14N2O3/c1-6(2)8-5-16-9-3-7(11(14)15)4-12-10(9)13-8/h3-4,6,8H,5H2,1-2H3,(H,12,13)(H,14,15)/t8-/m1/s1. The molecule has 0 saturated heterocycles. The third-order valence-corrected chi connectivity index (χ3v) is 2.64. The number of carboxylic acids is 1. The van der Waals surface area contributed by atoms with Crippen molar-refractivity contribution in [1.82, 2.24) is 4.98 Å². The van der Waals surface area contributed by atoms with Crippen molar-refractivity contribution in [1.29, 1.82) is 0 Å². The second-order valence-electron chi connectivity index (χ2n) is 4.18. The van der Waals surface area contributed by atoms with Crippen LogP contribution in [0.3, 0.4) is 0 Å². The Hall–Kier alpha value is -1.78. The number of carboxylic acid groups (broad SMARTS) is 1. The van der Waals surface area contributed by atoms with Crippen molar-refractivity contribution in [3.63, 3.8) is 0 Å². The highest BCUT2D eigenvalue weighted by atomic mass is 16.5. The van der Waals surface area contributed by atoms with Crippen LogP contribution in [-0.2, 0) is 0 Å². The van der Waals surface area contributed by atoms with E-state index in [1.165, 1.54) is 12.3 Å². The van der Waals surface area contributed by atoms with E-state index < -0.39 is 5.97 Å². The van der Waals surface area contributed by atoms with E-state index >= 15 is 0 Å². The van der Waals surface area contributed by atoms with Crippen molar-refractivity contribution in [3.05, 3.63) is 17.8 Å². The van der Waals surface area contributed by atoms with Gasteiger partial charge in [0.1, 0.15) is 6.61 Å². The molecule has 1 aromatic rings. The van der Waals surface area contributed by atoms with Crippen LogP contribution in [0.15, 0.2) is 12.3 Å². The molecule has 0 fully saturated rings. The smallest absolute Gasteiger partial charge is 0.337 e. The minimum atomic E-state index is -0.995. The normalized spacial score (nSPS) is 18.6. The molecule has 2 rings (SSSR count). The molecule has 1 aromatic heterocycles. The number of pyridine rings is 1. The highest BCUT2D eigenvalue weighted by Crippen LogP contribution is 2.29. The number of rotatable bonds is 2. The molecule has 0 bridgehead atoms. The van der Waals surface area contributed by atoms with E-state index in [0.717, 1.165) is 0 Å². The minimum absolute atomic E-state index is 0.142. The van der Waals surface area contributed by atoms with Crippen LogP contribution >= 0.6 is 0 Å². The summed E-state index contributed by atoms with van der Waals surface area (Å²) in [7, 11) is 0. The number of aromatic nitrogens is 1. The topological polar surface area (TPSA) is 71.5 Å². The number of fused-ring (bicyclic) bond motifs is 1. The summed E-state index contributed by atoms with van der Waals surface area (Å²) >= 11 is 0. The lowest BCUT2D eigenvalue weighted by Crippen LogP contribution is -2.36. The van der Waals surface area contributed by atoms with Gasteiger partial charge in [-0.25, -0.2) is 9.78 Å². The molecule has 0 unspecified atom stereocenters. The van der Waals surface area contributed by atoms with Crippen LogP contribution in [0.1, 0.15) is 24.2 Å². The molecule has 1 atom stereocenters. The molecule has 0 spiro atoms. The Labute approximate surface area is 93.5 Å². The van der Waals surface area contributed by atoms with Crippen molar-refractivity contribution in [2.75, 3.05) is 11.9 Å². The van der Waals surface area contributed by atoms with Crippen LogP contribution in [0.25, 0.3) is 0 Å². The van der Waals surface area contributed by atoms with Crippen molar-refractivity contribution >= 4 is 11.8 Å². The fourth-order valence-corrected chi connectivity index (χ4v) is 1.54. The Morgan fingerprint density at radius 2 is 2.44 bits per heavy atom. The number of anilines is 1. The van der Waals surface area contributed by atoms with Gasteiger partial charge in [0.15, 0.2) is 11.6 Å². The van der Waals surface area contributed by atoms with Crippen molar-refractivity contribution in [2.45, 2.75) is 19.9 Å². The van der Waals surface area contributed by atoms with E-state index in [2.05, 4.69) is 24.1 Å². The van der Waals surface area contributed by atoms with Gasteiger partial charge >= 0.3 is 5.97 Å². The summed E-state index contributed by atoms with van der Waals surface area (Å²) in [4.78, 5) is 14.8. The first-order valence-corrected chi connectivity index (χ1v) is 5.20. The molecule has 0 radical (unpaired) electrons. The highest BCUT2D eigenvalue weighted by Gasteiger charge is 2.23. The predicted octanol–water partition coefficient (Wildman–Crippen LogP) is 1.61. The molecule has 1 aliphatic rings. The van der Waals surface area contributed by atoms with E-state index in [4.69, 9.17) is 9.84 Å². The molecular weight excluding hydrogens is 208 g/mol. The second kappa shape index (κ2) is 4.00. The fraction of sp³-hybridized carbons (Fsp3) is 0.455. The molecule has 0 aromatic carbocycles. The van der Waals surface area contributed by atoms with Crippen LogP contribution in [0, 0.1) is 5.92 Å². The number of aromatic carboxylic acids is 1. The number of nitrogens with zero attached hydrogens (tertiary/aromatic N) is 1. The quantitative estimate of drug-likeness (QED) is 0.795. The first-order valence-electron chi connectivity index (χ1n) is 5.20. The predicted molar refractivity (Wildman–Crippen MR) is 58.9 cm³/mol. The van der Waals surface area contributed by atoms with Crippen LogP contribution in [0.5, 0.6) is 5.75 Å². The molecule has 5 nitrogen and oxygen atoms in total. The van der Waals surface area contributed by atoms with Gasteiger partial charge in [0.25, 0.3) is 0 Å².